The molecule has 0 aromatic rings. The SMILES string of the molecule is CCC(CC)(CNC(=O)NC1CCC(C(=O)O)C1)SC. The van der Waals surface area contributed by atoms with Gasteiger partial charge in [-0.2, -0.15) is 11.8 Å². The Hall–Kier alpha value is -0.910. The molecule has 1 aliphatic rings. The van der Waals surface area contributed by atoms with Gasteiger partial charge in [-0.3, -0.25) is 4.79 Å². The van der Waals surface area contributed by atoms with Gasteiger partial charge in [0.05, 0.1) is 5.92 Å². The van der Waals surface area contributed by atoms with Gasteiger partial charge in [-0.25, -0.2) is 4.79 Å². The number of thioether (sulfide) groups is 1. The lowest BCUT2D eigenvalue weighted by Crippen LogP contribution is -2.46. The maximum absolute atomic E-state index is 11.9. The molecule has 1 fully saturated rings. The van der Waals surface area contributed by atoms with Crippen molar-refractivity contribution in [1.29, 1.82) is 0 Å². The molecule has 0 saturated heterocycles. The number of carbonyl (C=O) groups excluding carboxylic acids is 1. The van der Waals surface area contributed by atoms with Crippen LogP contribution in [-0.4, -0.2) is 40.7 Å². The van der Waals surface area contributed by atoms with E-state index in [1.54, 1.807) is 11.8 Å². The Labute approximate surface area is 125 Å². The first kappa shape index (κ1) is 17.1. The van der Waals surface area contributed by atoms with Gasteiger partial charge in [0.1, 0.15) is 0 Å². The maximum Gasteiger partial charge on any atom is 0.315 e. The maximum atomic E-state index is 11.9. The van der Waals surface area contributed by atoms with Gasteiger partial charge in [0.25, 0.3) is 0 Å². The Bertz CT molecular complexity index is 337. The monoisotopic (exact) mass is 302 g/mol. The van der Waals surface area contributed by atoms with E-state index in [0.717, 1.165) is 19.3 Å². The molecular weight excluding hydrogens is 276 g/mol. The minimum Gasteiger partial charge on any atom is -0.481 e. The number of rotatable bonds is 7. The summed E-state index contributed by atoms with van der Waals surface area (Å²) in [4.78, 5) is 22.8. The predicted octanol–water partition coefficient (Wildman–Crippen LogP) is 2.46. The van der Waals surface area contributed by atoms with E-state index in [9.17, 15) is 9.59 Å². The highest BCUT2D eigenvalue weighted by Gasteiger charge is 2.31. The molecule has 6 heteroatoms. The van der Waals surface area contributed by atoms with Crippen molar-refractivity contribution < 1.29 is 14.7 Å². The molecular formula is C14H26N2O3S. The van der Waals surface area contributed by atoms with E-state index in [2.05, 4.69) is 30.7 Å². The number of carboxylic acid groups (broad SMARTS) is 1. The Kier molecular flexibility index (Phi) is 6.65. The Balaban J connectivity index is 2.36. The minimum absolute atomic E-state index is 0.0111. The number of hydrogen-bond donors (Lipinski definition) is 3. The van der Waals surface area contributed by atoms with Gasteiger partial charge in [-0.15, -0.1) is 0 Å². The molecule has 0 radical (unpaired) electrons. The molecule has 5 nitrogen and oxygen atoms in total. The molecule has 1 aliphatic carbocycles. The van der Waals surface area contributed by atoms with Crippen LogP contribution in [0.15, 0.2) is 0 Å². The number of aliphatic carboxylic acids is 1. The van der Waals surface area contributed by atoms with Crippen LogP contribution in [0.1, 0.15) is 46.0 Å². The molecule has 0 aromatic heterocycles. The Morgan fingerprint density at radius 2 is 1.95 bits per heavy atom. The second-order valence-electron chi connectivity index (χ2n) is 5.47. The van der Waals surface area contributed by atoms with Gasteiger partial charge < -0.3 is 15.7 Å². The molecule has 0 aromatic carbocycles. The smallest absolute Gasteiger partial charge is 0.315 e. The zero-order valence-electron chi connectivity index (χ0n) is 12.6. The topological polar surface area (TPSA) is 78.4 Å². The van der Waals surface area contributed by atoms with Crippen molar-refractivity contribution in [3.05, 3.63) is 0 Å². The highest BCUT2D eigenvalue weighted by Crippen LogP contribution is 2.29. The van der Waals surface area contributed by atoms with E-state index in [1.165, 1.54) is 0 Å². The number of urea groups is 1. The van der Waals surface area contributed by atoms with E-state index >= 15 is 0 Å². The van der Waals surface area contributed by atoms with Crippen LogP contribution < -0.4 is 10.6 Å². The first-order valence-electron chi connectivity index (χ1n) is 7.28. The summed E-state index contributed by atoms with van der Waals surface area (Å²) < 4.78 is 0.0939. The van der Waals surface area contributed by atoms with Crippen LogP contribution in [0.25, 0.3) is 0 Å². The summed E-state index contributed by atoms with van der Waals surface area (Å²) in [5.74, 6) is -1.06. The van der Waals surface area contributed by atoms with Crippen molar-refractivity contribution in [1.82, 2.24) is 10.6 Å². The molecule has 0 bridgehead atoms. The van der Waals surface area contributed by atoms with Crippen molar-refractivity contribution in [3.8, 4) is 0 Å². The van der Waals surface area contributed by atoms with Crippen molar-refractivity contribution in [2.45, 2.75) is 56.7 Å². The summed E-state index contributed by atoms with van der Waals surface area (Å²) >= 11 is 1.79. The summed E-state index contributed by atoms with van der Waals surface area (Å²) in [5, 5.41) is 14.8. The van der Waals surface area contributed by atoms with Gasteiger partial charge in [0.15, 0.2) is 0 Å². The Morgan fingerprint density at radius 1 is 1.30 bits per heavy atom. The van der Waals surface area contributed by atoms with Crippen molar-refractivity contribution in [2.75, 3.05) is 12.8 Å². The third-order valence-corrected chi connectivity index (χ3v) is 6.00. The standard InChI is InChI=1S/C14H26N2O3S/c1-4-14(5-2,20-3)9-15-13(19)16-11-7-6-10(8-11)12(17)18/h10-11H,4-9H2,1-3H3,(H,17,18)(H2,15,16,19). The van der Waals surface area contributed by atoms with Crippen molar-refractivity contribution in [3.63, 3.8) is 0 Å². The summed E-state index contributed by atoms with van der Waals surface area (Å²) in [5.41, 5.74) is 0. The van der Waals surface area contributed by atoms with Crippen LogP contribution in [0.3, 0.4) is 0 Å². The van der Waals surface area contributed by atoms with Crippen molar-refractivity contribution >= 4 is 23.8 Å². The third-order valence-electron chi connectivity index (χ3n) is 4.41. The number of carboxylic acids is 1. The van der Waals surface area contributed by atoms with Crippen molar-refractivity contribution in [2.24, 2.45) is 5.92 Å². The molecule has 2 unspecified atom stereocenters. The molecule has 2 atom stereocenters. The first-order chi connectivity index (χ1) is 9.46. The van der Waals surface area contributed by atoms with Gasteiger partial charge in [0.2, 0.25) is 0 Å². The fourth-order valence-corrected chi connectivity index (χ4v) is 3.47. The quantitative estimate of drug-likeness (QED) is 0.675. The number of amides is 2. The fourth-order valence-electron chi connectivity index (χ4n) is 2.68. The van der Waals surface area contributed by atoms with Gasteiger partial charge in [-0.05, 0) is 38.4 Å². The predicted molar refractivity (Wildman–Crippen MR) is 82.1 cm³/mol. The van der Waals surface area contributed by atoms with Crippen LogP contribution >= 0.6 is 11.8 Å². The number of nitrogens with one attached hydrogen (secondary N) is 2. The third kappa shape index (κ3) is 4.58. The molecule has 0 spiro atoms. The molecule has 2 amide bonds. The second-order valence-corrected chi connectivity index (χ2v) is 6.74. The molecule has 1 saturated carbocycles. The average molecular weight is 302 g/mol. The van der Waals surface area contributed by atoms with Crippen LogP contribution in [0.5, 0.6) is 0 Å². The average Bonchev–Trinajstić information content (AvgIpc) is 2.90. The minimum atomic E-state index is -0.756. The van der Waals surface area contributed by atoms with Gasteiger partial charge in [0, 0.05) is 17.3 Å². The molecule has 1 rings (SSSR count). The summed E-state index contributed by atoms with van der Waals surface area (Å²) in [6.07, 6.45) is 6.03. The van der Waals surface area contributed by atoms with E-state index in [0.29, 0.717) is 19.4 Å². The fraction of sp³-hybridized carbons (Fsp3) is 0.857. The van der Waals surface area contributed by atoms with Crippen LogP contribution in [0, 0.1) is 5.92 Å². The highest BCUT2D eigenvalue weighted by atomic mass is 32.2. The zero-order valence-corrected chi connectivity index (χ0v) is 13.4. The second kappa shape index (κ2) is 7.76. The lowest BCUT2D eigenvalue weighted by atomic mass is 10.0. The van der Waals surface area contributed by atoms with Gasteiger partial charge >= 0.3 is 12.0 Å². The van der Waals surface area contributed by atoms with E-state index < -0.39 is 5.97 Å². The Morgan fingerprint density at radius 3 is 2.40 bits per heavy atom. The normalized spacial score (nSPS) is 22.6. The van der Waals surface area contributed by atoms with Crippen LogP contribution in [0.4, 0.5) is 4.79 Å². The largest absolute Gasteiger partial charge is 0.481 e. The zero-order chi connectivity index (χ0) is 15.2. The summed E-state index contributed by atoms with van der Waals surface area (Å²) in [6, 6.07) is -0.190. The lowest BCUT2D eigenvalue weighted by molar-refractivity contribution is -0.141. The number of carbonyl (C=O) groups is 2. The van der Waals surface area contributed by atoms with E-state index in [4.69, 9.17) is 5.11 Å². The molecule has 0 aliphatic heterocycles. The lowest BCUT2D eigenvalue weighted by Gasteiger charge is -2.30. The van der Waals surface area contributed by atoms with Crippen LogP contribution in [-0.2, 0) is 4.79 Å². The molecule has 0 heterocycles. The molecule has 116 valence electrons. The van der Waals surface area contributed by atoms with Crippen LogP contribution in [0.2, 0.25) is 0 Å². The molecule has 3 N–H and O–H groups in total. The van der Waals surface area contributed by atoms with E-state index in [-0.39, 0.29) is 22.7 Å². The van der Waals surface area contributed by atoms with Gasteiger partial charge in [-0.1, -0.05) is 13.8 Å². The first-order valence-corrected chi connectivity index (χ1v) is 8.51. The number of hydrogen-bond acceptors (Lipinski definition) is 3. The van der Waals surface area contributed by atoms with E-state index in [1.807, 2.05) is 0 Å². The molecule has 20 heavy (non-hydrogen) atoms. The summed E-state index contributed by atoms with van der Waals surface area (Å²) in [6.45, 7) is 4.91. The highest BCUT2D eigenvalue weighted by molar-refractivity contribution is 8.00. The summed E-state index contributed by atoms with van der Waals surface area (Å²) in [7, 11) is 0.